The van der Waals surface area contributed by atoms with E-state index in [9.17, 15) is 4.79 Å². The summed E-state index contributed by atoms with van der Waals surface area (Å²) in [7, 11) is 1.64. The van der Waals surface area contributed by atoms with Gasteiger partial charge in [-0.15, -0.1) is 0 Å². The van der Waals surface area contributed by atoms with Crippen molar-refractivity contribution in [1.29, 1.82) is 0 Å². The molecule has 2 aromatic carbocycles. The molecular formula is C25H30N2O3. The minimum absolute atomic E-state index is 0.0103. The van der Waals surface area contributed by atoms with E-state index in [1.54, 1.807) is 7.11 Å². The van der Waals surface area contributed by atoms with Crippen LogP contribution in [-0.4, -0.2) is 55.6 Å². The predicted molar refractivity (Wildman–Crippen MR) is 117 cm³/mol. The van der Waals surface area contributed by atoms with E-state index in [1.165, 1.54) is 18.4 Å². The van der Waals surface area contributed by atoms with Crippen molar-refractivity contribution in [2.75, 3.05) is 39.9 Å². The first kappa shape index (κ1) is 20.6. The van der Waals surface area contributed by atoms with Crippen LogP contribution in [0.4, 0.5) is 0 Å². The quantitative estimate of drug-likeness (QED) is 0.681. The number of ether oxygens (including phenoxy) is 2. The number of hydrogen-bond acceptors (Lipinski definition) is 4. The third-order valence-corrected chi connectivity index (χ3v) is 5.94. The highest BCUT2D eigenvalue weighted by atomic mass is 16.5. The Kier molecular flexibility index (Phi) is 6.82. The Morgan fingerprint density at radius 2 is 1.77 bits per heavy atom. The number of carbonyl (C=O) groups is 1. The number of methoxy groups -OCH3 is 1. The molecule has 0 radical (unpaired) electrons. The average Bonchev–Trinajstić information content (AvgIpc) is 3.30. The zero-order valence-electron chi connectivity index (χ0n) is 17.6. The molecule has 0 saturated carbocycles. The highest BCUT2D eigenvalue weighted by Gasteiger charge is 2.33. The fourth-order valence-corrected chi connectivity index (χ4v) is 4.29. The van der Waals surface area contributed by atoms with Gasteiger partial charge in [-0.05, 0) is 49.2 Å². The van der Waals surface area contributed by atoms with E-state index in [1.807, 2.05) is 59.5 Å². The second kappa shape index (κ2) is 9.92. The molecule has 158 valence electrons. The Morgan fingerprint density at radius 1 is 1.03 bits per heavy atom. The Balaban J connectivity index is 1.65. The number of likely N-dealkylation sites (tertiary alicyclic amines) is 1. The zero-order chi connectivity index (χ0) is 20.8. The van der Waals surface area contributed by atoms with Gasteiger partial charge in [-0.2, -0.15) is 0 Å². The number of carbonyl (C=O) groups excluding carboxylic acids is 1. The van der Waals surface area contributed by atoms with Crippen molar-refractivity contribution in [3.05, 3.63) is 77.9 Å². The van der Waals surface area contributed by atoms with Gasteiger partial charge < -0.3 is 19.3 Å². The maximum absolute atomic E-state index is 13.8. The second-order valence-electron chi connectivity index (χ2n) is 7.88. The third-order valence-electron chi connectivity index (χ3n) is 5.94. The molecule has 2 aromatic rings. The minimum Gasteiger partial charge on any atom is -0.497 e. The first-order valence-corrected chi connectivity index (χ1v) is 10.7. The highest BCUT2D eigenvalue weighted by molar-refractivity contribution is 5.83. The van der Waals surface area contributed by atoms with Gasteiger partial charge >= 0.3 is 0 Å². The number of nitrogens with zero attached hydrogens (tertiary/aromatic N) is 2. The molecule has 30 heavy (non-hydrogen) atoms. The van der Waals surface area contributed by atoms with Crippen LogP contribution in [0.15, 0.2) is 66.7 Å². The van der Waals surface area contributed by atoms with Crippen LogP contribution >= 0.6 is 0 Å². The molecule has 2 heterocycles. The first-order valence-electron chi connectivity index (χ1n) is 10.7. The van der Waals surface area contributed by atoms with E-state index < -0.39 is 6.10 Å². The van der Waals surface area contributed by atoms with Crippen LogP contribution in [0.1, 0.15) is 36.1 Å². The lowest BCUT2D eigenvalue weighted by Crippen LogP contribution is -2.44. The summed E-state index contributed by atoms with van der Waals surface area (Å²) in [6.45, 7) is 4.05. The Morgan fingerprint density at radius 3 is 2.47 bits per heavy atom. The van der Waals surface area contributed by atoms with Gasteiger partial charge in [0, 0.05) is 13.1 Å². The van der Waals surface area contributed by atoms with Crippen LogP contribution in [0.25, 0.3) is 0 Å². The molecule has 0 spiro atoms. The third kappa shape index (κ3) is 4.74. The molecule has 2 aliphatic heterocycles. The zero-order valence-corrected chi connectivity index (χ0v) is 17.6. The van der Waals surface area contributed by atoms with Crippen molar-refractivity contribution >= 4 is 5.91 Å². The topological polar surface area (TPSA) is 42.0 Å². The summed E-state index contributed by atoms with van der Waals surface area (Å²) in [5.74, 6) is 0.780. The Hall–Kier alpha value is -2.63. The van der Waals surface area contributed by atoms with E-state index in [0.29, 0.717) is 13.2 Å². The summed E-state index contributed by atoms with van der Waals surface area (Å²) in [6, 6.07) is 18.0. The molecule has 0 bridgehead atoms. The van der Waals surface area contributed by atoms with Crippen molar-refractivity contribution in [1.82, 2.24) is 9.80 Å². The average molecular weight is 407 g/mol. The fraction of sp³-hybridized carbons (Fsp3) is 0.400. The summed E-state index contributed by atoms with van der Waals surface area (Å²) in [5, 5.41) is 0. The lowest BCUT2D eigenvalue weighted by atomic mass is 10.0. The molecule has 1 amide bonds. The van der Waals surface area contributed by atoms with Crippen molar-refractivity contribution < 1.29 is 14.3 Å². The molecule has 2 aliphatic rings. The SMILES string of the molecule is COc1ccc(C2OC/C=C\CN(C(CN3CCCC3)c3ccccc3)C2=O)cc1. The van der Waals surface area contributed by atoms with Gasteiger partial charge in [0.2, 0.25) is 0 Å². The Labute approximate surface area is 178 Å². The number of amides is 1. The molecule has 5 heteroatoms. The van der Waals surface area contributed by atoms with Crippen LogP contribution in [0.2, 0.25) is 0 Å². The normalized spacial score (nSPS) is 22.4. The van der Waals surface area contributed by atoms with Crippen LogP contribution in [-0.2, 0) is 9.53 Å². The van der Waals surface area contributed by atoms with Crippen molar-refractivity contribution in [3.63, 3.8) is 0 Å². The van der Waals surface area contributed by atoms with Crippen LogP contribution < -0.4 is 4.74 Å². The fourth-order valence-electron chi connectivity index (χ4n) is 4.29. The number of rotatable bonds is 6. The van der Waals surface area contributed by atoms with Gasteiger partial charge in [-0.3, -0.25) is 4.79 Å². The van der Waals surface area contributed by atoms with Crippen molar-refractivity contribution in [3.8, 4) is 5.75 Å². The van der Waals surface area contributed by atoms with Gasteiger partial charge in [0.1, 0.15) is 5.75 Å². The van der Waals surface area contributed by atoms with Gasteiger partial charge in [-0.1, -0.05) is 54.6 Å². The van der Waals surface area contributed by atoms with Gasteiger partial charge in [0.15, 0.2) is 6.10 Å². The lowest BCUT2D eigenvalue weighted by molar-refractivity contribution is -0.146. The van der Waals surface area contributed by atoms with E-state index >= 15 is 0 Å². The summed E-state index contributed by atoms with van der Waals surface area (Å²) in [4.78, 5) is 18.2. The summed E-state index contributed by atoms with van der Waals surface area (Å²) >= 11 is 0. The highest BCUT2D eigenvalue weighted by Crippen LogP contribution is 2.30. The summed E-state index contributed by atoms with van der Waals surface area (Å²) in [6.07, 6.45) is 5.89. The van der Waals surface area contributed by atoms with Crippen LogP contribution in [0.3, 0.4) is 0 Å². The summed E-state index contributed by atoms with van der Waals surface area (Å²) < 4.78 is 11.3. The molecule has 2 atom stereocenters. The number of benzene rings is 2. The van der Waals surface area contributed by atoms with E-state index in [4.69, 9.17) is 9.47 Å². The van der Waals surface area contributed by atoms with E-state index in [0.717, 1.165) is 30.9 Å². The lowest BCUT2D eigenvalue weighted by Gasteiger charge is -2.37. The monoisotopic (exact) mass is 406 g/mol. The van der Waals surface area contributed by atoms with Crippen LogP contribution in [0.5, 0.6) is 5.75 Å². The molecular weight excluding hydrogens is 376 g/mol. The number of hydrogen-bond donors (Lipinski definition) is 0. The molecule has 1 fully saturated rings. The van der Waals surface area contributed by atoms with Gasteiger partial charge in [0.05, 0.1) is 19.8 Å². The van der Waals surface area contributed by atoms with Gasteiger partial charge in [0.25, 0.3) is 5.91 Å². The maximum Gasteiger partial charge on any atom is 0.257 e. The largest absolute Gasteiger partial charge is 0.497 e. The maximum atomic E-state index is 13.8. The molecule has 2 unspecified atom stereocenters. The van der Waals surface area contributed by atoms with Crippen LogP contribution in [0, 0.1) is 0 Å². The Bertz CT molecular complexity index is 844. The van der Waals surface area contributed by atoms with E-state index in [2.05, 4.69) is 17.0 Å². The van der Waals surface area contributed by atoms with E-state index in [-0.39, 0.29) is 11.9 Å². The molecule has 5 nitrogen and oxygen atoms in total. The smallest absolute Gasteiger partial charge is 0.257 e. The second-order valence-corrected chi connectivity index (χ2v) is 7.88. The predicted octanol–water partition coefficient (Wildman–Crippen LogP) is 3.99. The molecule has 0 aliphatic carbocycles. The first-order chi connectivity index (χ1) is 14.8. The molecule has 0 N–H and O–H groups in total. The van der Waals surface area contributed by atoms with Crippen molar-refractivity contribution in [2.45, 2.75) is 25.0 Å². The standard InChI is InChI=1S/C25H30N2O3/c1-29-22-13-11-21(12-14-22)24-25(28)27(17-7-8-18-30-24)23(19-26-15-5-6-16-26)20-9-3-2-4-10-20/h2-4,7-14,23-24H,5-6,15-19H2,1H3/b8-7-. The molecule has 1 saturated heterocycles. The van der Waals surface area contributed by atoms with Crippen molar-refractivity contribution in [2.24, 2.45) is 0 Å². The summed E-state index contributed by atoms with van der Waals surface area (Å²) in [5.41, 5.74) is 2.02. The molecule has 4 rings (SSSR count). The minimum atomic E-state index is -0.620. The van der Waals surface area contributed by atoms with Gasteiger partial charge in [-0.25, -0.2) is 0 Å². The molecule has 0 aromatic heterocycles.